The lowest BCUT2D eigenvalue weighted by atomic mass is 10.1. The van der Waals surface area contributed by atoms with E-state index in [1.54, 1.807) is 6.20 Å². The number of carbonyl (C=O) groups excluding carboxylic acids is 1. The highest BCUT2D eigenvalue weighted by atomic mass is 16.1. The van der Waals surface area contributed by atoms with E-state index >= 15 is 0 Å². The second kappa shape index (κ2) is 6.83. The summed E-state index contributed by atoms with van der Waals surface area (Å²) in [5.74, 6) is 1.000. The van der Waals surface area contributed by atoms with Gasteiger partial charge >= 0.3 is 0 Å². The second-order valence-corrected chi connectivity index (χ2v) is 4.04. The van der Waals surface area contributed by atoms with Gasteiger partial charge in [0, 0.05) is 13.1 Å². The molecule has 0 bridgehead atoms. The SMILES string of the molecule is CCNc1cnc(C(=O)NCC(C)CC)cn1. The first-order valence-corrected chi connectivity index (χ1v) is 6.01. The van der Waals surface area contributed by atoms with Crippen LogP contribution in [0, 0.1) is 5.92 Å². The van der Waals surface area contributed by atoms with Crippen LogP contribution in [-0.2, 0) is 0 Å². The van der Waals surface area contributed by atoms with E-state index in [1.165, 1.54) is 6.20 Å². The van der Waals surface area contributed by atoms with Crippen molar-refractivity contribution >= 4 is 11.7 Å². The summed E-state index contributed by atoms with van der Waals surface area (Å²) in [6, 6.07) is 0. The van der Waals surface area contributed by atoms with Crippen LogP contribution in [0.4, 0.5) is 5.82 Å². The van der Waals surface area contributed by atoms with Crippen LogP contribution >= 0.6 is 0 Å². The molecule has 0 saturated carbocycles. The van der Waals surface area contributed by atoms with Gasteiger partial charge in [-0.2, -0.15) is 0 Å². The van der Waals surface area contributed by atoms with E-state index in [0.29, 0.717) is 24.0 Å². The second-order valence-electron chi connectivity index (χ2n) is 4.04. The van der Waals surface area contributed by atoms with Crippen molar-refractivity contribution in [3.63, 3.8) is 0 Å². The highest BCUT2D eigenvalue weighted by Crippen LogP contribution is 2.02. The Bertz CT molecular complexity index is 350. The van der Waals surface area contributed by atoms with Crippen LogP contribution in [0.15, 0.2) is 12.4 Å². The van der Waals surface area contributed by atoms with E-state index in [-0.39, 0.29) is 5.91 Å². The van der Waals surface area contributed by atoms with E-state index in [1.807, 2.05) is 6.92 Å². The van der Waals surface area contributed by atoms with Crippen LogP contribution in [0.5, 0.6) is 0 Å². The van der Waals surface area contributed by atoms with E-state index in [9.17, 15) is 4.79 Å². The van der Waals surface area contributed by atoms with E-state index < -0.39 is 0 Å². The summed E-state index contributed by atoms with van der Waals surface area (Å²) >= 11 is 0. The Morgan fingerprint density at radius 3 is 2.65 bits per heavy atom. The topological polar surface area (TPSA) is 66.9 Å². The molecule has 1 aromatic rings. The van der Waals surface area contributed by atoms with Gasteiger partial charge in [-0.3, -0.25) is 4.79 Å². The summed E-state index contributed by atoms with van der Waals surface area (Å²) in [5, 5.41) is 5.87. The molecule has 1 unspecified atom stereocenters. The summed E-state index contributed by atoms with van der Waals surface area (Å²) in [6.45, 7) is 7.64. The maximum absolute atomic E-state index is 11.7. The van der Waals surface area contributed by atoms with E-state index in [0.717, 1.165) is 13.0 Å². The van der Waals surface area contributed by atoms with E-state index in [4.69, 9.17) is 0 Å². The van der Waals surface area contributed by atoms with Crippen molar-refractivity contribution in [1.82, 2.24) is 15.3 Å². The third kappa shape index (κ3) is 4.38. The Morgan fingerprint density at radius 2 is 2.12 bits per heavy atom. The number of hydrogen-bond donors (Lipinski definition) is 2. The summed E-state index contributed by atoms with van der Waals surface area (Å²) in [4.78, 5) is 19.9. The minimum absolute atomic E-state index is 0.166. The molecule has 5 heteroatoms. The highest BCUT2D eigenvalue weighted by Gasteiger charge is 2.08. The maximum Gasteiger partial charge on any atom is 0.271 e. The van der Waals surface area contributed by atoms with E-state index in [2.05, 4.69) is 34.4 Å². The summed E-state index contributed by atoms with van der Waals surface area (Å²) in [7, 11) is 0. The quantitative estimate of drug-likeness (QED) is 0.788. The molecular formula is C12H20N4O. The van der Waals surface area contributed by atoms with Crippen molar-refractivity contribution in [3.05, 3.63) is 18.1 Å². The van der Waals surface area contributed by atoms with Crippen molar-refractivity contribution in [3.8, 4) is 0 Å². The summed E-state index contributed by atoms with van der Waals surface area (Å²) < 4.78 is 0. The van der Waals surface area contributed by atoms with Gasteiger partial charge in [-0.1, -0.05) is 20.3 Å². The minimum atomic E-state index is -0.166. The molecule has 0 saturated heterocycles. The summed E-state index contributed by atoms with van der Waals surface area (Å²) in [5.41, 5.74) is 0.356. The zero-order valence-electron chi connectivity index (χ0n) is 10.7. The number of aromatic nitrogens is 2. The Hall–Kier alpha value is -1.65. The lowest BCUT2D eigenvalue weighted by Gasteiger charge is -2.09. The number of carbonyl (C=O) groups is 1. The Kier molecular flexibility index (Phi) is 5.39. The van der Waals surface area contributed by atoms with Crippen molar-refractivity contribution in [2.45, 2.75) is 27.2 Å². The number of hydrogen-bond acceptors (Lipinski definition) is 4. The van der Waals surface area contributed by atoms with Gasteiger partial charge in [-0.05, 0) is 12.8 Å². The van der Waals surface area contributed by atoms with Crippen LogP contribution in [0.3, 0.4) is 0 Å². The fourth-order valence-electron chi connectivity index (χ4n) is 1.22. The predicted molar refractivity (Wildman–Crippen MR) is 68.0 cm³/mol. The maximum atomic E-state index is 11.7. The van der Waals surface area contributed by atoms with Crippen molar-refractivity contribution < 1.29 is 4.79 Å². The Labute approximate surface area is 102 Å². The first kappa shape index (κ1) is 13.4. The van der Waals surface area contributed by atoms with Crippen LogP contribution in [0.2, 0.25) is 0 Å². The van der Waals surface area contributed by atoms with Gasteiger partial charge in [-0.25, -0.2) is 9.97 Å². The van der Waals surface area contributed by atoms with Gasteiger partial charge in [0.1, 0.15) is 11.5 Å². The molecule has 1 amide bonds. The third-order valence-electron chi connectivity index (χ3n) is 2.55. The van der Waals surface area contributed by atoms with Crippen LogP contribution in [-0.4, -0.2) is 29.0 Å². The molecule has 0 spiro atoms. The van der Waals surface area contributed by atoms with Crippen LogP contribution < -0.4 is 10.6 Å². The fourth-order valence-corrected chi connectivity index (χ4v) is 1.22. The number of nitrogens with zero attached hydrogens (tertiary/aromatic N) is 2. The zero-order valence-corrected chi connectivity index (χ0v) is 10.7. The molecule has 0 aliphatic heterocycles. The summed E-state index contributed by atoms with van der Waals surface area (Å²) in [6.07, 6.45) is 4.11. The average Bonchev–Trinajstić information content (AvgIpc) is 2.36. The molecule has 17 heavy (non-hydrogen) atoms. The molecule has 1 heterocycles. The Morgan fingerprint density at radius 1 is 1.35 bits per heavy atom. The molecule has 0 radical (unpaired) electrons. The third-order valence-corrected chi connectivity index (χ3v) is 2.55. The van der Waals surface area contributed by atoms with Crippen LogP contribution in [0.1, 0.15) is 37.7 Å². The molecule has 2 N–H and O–H groups in total. The number of anilines is 1. The van der Waals surface area contributed by atoms with Gasteiger partial charge in [-0.15, -0.1) is 0 Å². The molecule has 94 valence electrons. The average molecular weight is 236 g/mol. The van der Waals surface area contributed by atoms with Gasteiger partial charge in [0.15, 0.2) is 0 Å². The largest absolute Gasteiger partial charge is 0.369 e. The number of rotatable bonds is 6. The first-order valence-electron chi connectivity index (χ1n) is 6.01. The van der Waals surface area contributed by atoms with Crippen molar-refractivity contribution in [1.29, 1.82) is 0 Å². The van der Waals surface area contributed by atoms with Gasteiger partial charge in [0.05, 0.1) is 12.4 Å². The van der Waals surface area contributed by atoms with Gasteiger partial charge < -0.3 is 10.6 Å². The number of amides is 1. The molecule has 0 aliphatic rings. The molecule has 0 aromatic carbocycles. The molecule has 1 rings (SSSR count). The molecular weight excluding hydrogens is 216 g/mol. The lowest BCUT2D eigenvalue weighted by molar-refractivity contribution is 0.0942. The lowest BCUT2D eigenvalue weighted by Crippen LogP contribution is -2.28. The monoisotopic (exact) mass is 236 g/mol. The van der Waals surface area contributed by atoms with Crippen molar-refractivity contribution in [2.24, 2.45) is 5.92 Å². The molecule has 0 fully saturated rings. The predicted octanol–water partition coefficient (Wildman–Crippen LogP) is 1.68. The molecule has 1 aromatic heterocycles. The molecule has 5 nitrogen and oxygen atoms in total. The zero-order chi connectivity index (χ0) is 12.7. The van der Waals surface area contributed by atoms with Gasteiger partial charge in [0.25, 0.3) is 5.91 Å². The van der Waals surface area contributed by atoms with Crippen molar-refractivity contribution in [2.75, 3.05) is 18.4 Å². The minimum Gasteiger partial charge on any atom is -0.369 e. The highest BCUT2D eigenvalue weighted by molar-refractivity contribution is 5.91. The first-order chi connectivity index (χ1) is 8.17. The standard InChI is InChI=1S/C12H20N4O/c1-4-9(3)6-16-12(17)10-7-15-11(8-14-10)13-5-2/h7-9H,4-6H2,1-3H3,(H,13,15)(H,16,17). The molecule has 0 aliphatic carbocycles. The van der Waals surface area contributed by atoms with Crippen LogP contribution in [0.25, 0.3) is 0 Å². The van der Waals surface area contributed by atoms with Gasteiger partial charge in [0.2, 0.25) is 0 Å². The fraction of sp³-hybridized carbons (Fsp3) is 0.583. The molecule has 1 atom stereocenters. The Balaban J connectivity index is 2.51. The normalized spacial score (nSPS) is 11.9. The smallest absolute Gasteiger partial charge is 0.271 e. The number of nitrogens with one attached hydrogen (secondary N) is 2.